The number of carbonyl (C=O) groups excluding carboxylic acids is 1. The number of nitrogens with one attached hydrogen (secondary N) is 2. The smallest absolute Gasteiger partial charge is 0.261 e. The van der Waals surface area contributed by atoms with Crippen molar-refractivity contribution < 1.29 is 4.79 Å². The van der Waals surface area contributed by atoms with Gasteiger partial charge in [-0.1, -0.05) is 22.0 Å². The Labute approximate surface area is 124 Å². The molecule has 2 aromatic rings. The molecule has 1 fully saturated rings. The Hall–Kier alpha value is -0.910. The fourth-order valence-corrected chi connectivity index (χ4v) is 3.87. The fourth-order valence-electron chi connectivity index (χ4n) is 2.35. The number of halogens is 1. The summed E-state index contributed by atoms with van der Waals surface area (Å²) in [5.41, 5.74) is 0. The van der Waals surface area contributed by atoms with Gasteiger partial charge in [-0.15, -0.1) is 11.3 Å². The predicted molar refractivity (Wildman–Crippen MR) is 82.9 cm³/mol. The van der Waals surface area contributed by atoms with Gasteiger partial charge in [-0.2, -0.15) is 0 Å². The van der Waals surface area contributed by atoms with Gasteiger partial charge in [0.15, 0.2) is 0 Å². The number of hydrogen-bond acceptors (Lipinski definition) is 3. The first-order valence-corrected chi connectivity index (χ1v) is 8.04. The molecule has 19 heavy (non-hydrogen) atoms. The number of fused-ring (bicyclic) bond motifs is 1. The van der Waals surface area contributed by atoms with E-state index in [-0.39, 0.29) is 11.9 Å². The largest absolute Gasteiger partial charge is 0.347 e. The highest BCUT2D eigenvalue weighted by atomic mass is 79.9. The normalized spacial score (nSPS) is 19.5. The van der Waals surface area contributed by atoms with Crippen molar-refractivity contribution in [2.24, 2.45) is 0 Å². The minimum absolute atomic E-state index is 0.0472. The van der Waals surface area contributed by atoms with E-state index in [1.165, 1.54) is 0 Å². The molecule has 2 heterocycles. The van der Waals surface area contributed by atoms with Crippen LogP contribution in [-0.2, 0) is 0 Å². The van der Waals surface area contributed by atoms with Crippen LogP contribution >= 0.6 is 27.3 Å². The summed E-state index contributed by atoms with van der Waals surface area (Å²) >= 11 is 5.00. The third-order valence-electron chi connectivity index (χ3n) is 3.34. The van der Waals surface area contributed by atoms with E-state index in [0.29, 0.717) is 0 Å². The first kappa shape index (κ1) is 13.1. The van der Waals surface area contributed by atoms with E-state index >= 15 is 0 Å². The lowest BCUT2D eigenvalue weighted by atomic mass is 10.1. The molecule has 1 aromatic heterocycles. The molecule has 0 aliphatic carbocycles. The van der Waals surface area contributed by atoms with Crippen molar-refractivity contribution in [1.82, 2.24) is 10.6 Å². The highest BCUT2D eigenvalue weighted by molar-refractivity contribution is 9.10. The van der Waals surface area contributed by atoms with E-state index < -0.39 is 0 Å². The number of thiophene rings is 1. The van der Waals surface area contributed by atoms with Crippen LogP contribution in [0.15, 0.2) is 28.7 Å². The molecule has 3 nitrogen and oxygen atoms in total. The Morgan fingerprint density at radius 1 is 1.42 bits per heavy atom. The molecule has 0 unspecified atom stereocenters. The van der Waals surface area contributed by atoms with Gasteiger partial charge in [-0.25, -0.2) is 0 Å². The van der Waals surface area contributed by atoms with Crippen LogP contribution in [0.5, 0.6) is 0 Å². The minimum atomic E-state index is 0.0472. The Morgan fingerprint density at radius 2 is 2.32 bits per heavy atom. The second-order valence-corrected chi connectivity index (χ2v) is 6.81. The van der Waals surface area contributed by atoms with E-state index in [4.69, 9.17) is 0 Å². The number of hydrogen-bond donors (Lipinski definition) is 2. The van der Waals surface area contributed by atoms with Crippen molar-refractivity contribution >= 4 is 43.3 Å². The monoisotopic (exact) mass is 338 g/mol. The van der Waals surface area contributed by atoms with Crippen molar-refractivity contribution in [3.05, 3.63) is 33.6 Å². The maximum absolute atomic E-state index is 12.2. The number of rotatable bonds is 2. The van der Waals surface area contributed by atoms with Crippen molar-refractivity contribution in [2.45, 2.75) is 18.9 Å². The summed E-state index contributed by atoms with van der Waals surface area (Å²) in [7, 11) is 0. The number of piperidine rings is 1. The maximum atomic E-state index is 12.2. The zero-order chi connectivity index (χ0) is 13.2. The molecule has 1 aliphatic rings. The molecule has 3 rings (SSSR count). The van der Waals surface area contributed by atoms with Gasteiger partial charge in [0.05, 0.1) is 4.88 Å². The molecular weight excluding hydrogens is 324 g/mol. The highest BCUT2D eigenvalue weighted by Gasteiger charge is 2.17. The van der Waals surface area contributed by atoms with Crippen LogP contribution in [0.3, 0.4) is 0 Å². The van der Waals surface area contributed by atoms with Crippen LogP contribution in [0.4, 0.5) is 0 Å². The lowest BCUT2D eigenvalue weighted by Gasteiger charge is -2.23. The van der Waals surface area contributed by atoms with Crippen LogP contribution in [0, 0.1) is 0 Å². The fraction of sp³-hybridized carbons (Fsp3) is 0.357. The van der Waals surface area contributed by atoms with Crippen molar-refractivity contribution in [2.75, 3.05) is 13.1 Å². The van der Waals surface area contributed by atoms with E-state index in [9.17, 15) is 4.79 Å². The topological polar surface area (TPSA) is 41.1 Å². The van der Waals surface area contributed by atoms with Gasteiger partial charge in [-0.05, 0) is 43.0 Å². The molecule has 1 amide bonds. The van der Waals surface area contributed by atoms with Crippen molar-refractivity contribution in [3.63, 3.8) is 0 Å². The van der Waals surface area contributed by atoms with Crippen LogP contribution in [0.2, 0.25) is 0 Å². The van der Waals surface area contributed by atoms with Crippen molar-refractivity contribution in [3.8, 4) is 0 Å². The molecule has 0 spiro atoms. The Morgan fingerprint density at radius 3 is 3.11 bits per heavy atom. The van der Waals surface area contributed by atoms with E-state index in [0.717, 1.165) is 45.4 Å². The van der Waals surface area contributed by atoms with Gasteiger partial charge in [-0.3, -0.25) is 4.79 Å². The molecular formula is C14H15BrN2OS. The van der Waals surface area contributed by atoms with Crippen LogP contribution in [-0.4, -0.2) is 25.0 Å². The van der Waals surface area contributed by atoms with Crippen LogP contribution in [0.1, 0.15) is 22.5 Å². The van der Waals surface area contributed by atoms with Crippen LogP contribution < -0.4 is 10.6 Å². The molecule has 1 aromatic carbocycles. The molecule has 1 saturated heterocycles. The SMILES string of the molecule is O=C(N[C@@H]1CCCNC1)c1cc2ccc(Br)cc2s1. The second-order valence-electron chi connectivity index (χ2n) is 4.81. The van der Waals surface area contributed by atoms with Gasteiger partial charge in [0.1, 0.15) is 0 Å². The third-order valence-corrected chi connectivity index (χ3v) is 4.93. The zero-order valence-electron chi connectivity index (χ0n) is 10.4. The van der Waals surface area contributed by atoms with Gasteiger partial charge in [0.25, 0.3) is 5.91 Å². The molecule has 5 heteroatoms. The summed E-state index contributed by atoms with van der Waals surface area (Å²) in [5.74, 6) is 0.0472. The van der Waals surface area contributed by atoms with Crippen LogP contribution in [0.25, 0.3) is 10.1 Å². The van der Waals surface area contributed by atoms with E-state index in [2.05, 4.69) is 32.6 Å². The number of benzene rings is 1. The summed E-state index contributed by atoms with van der Waals surface area (Å²) in [6, 6.07) is 8.33. The Bertz CT molecular complexity index is 605. The molecule has 0 radical (unpaired) electrons. The average molecular weight is 339 g/mol. The lowest BCUT2D eigenvalue weighted by Crippen LogP contribution is -2.45. The second kappa shape index (κ2) is 5.61. The zero-order valence-corrected chi connectivity index (χ0v) is 12.8. The minimum Gasteiger partial charge on any atom is -0.347 e. The predicted octanol–water partition coefficient (Wildman–Crippen LogP) is 3.15. The average Bonchev–Trinajstić information content (AvgIpc) is 2.83. The first-order chi connectivity index (χ1) is 9.22. The van der Waals surface area contributed by atoms with Gasteiger partial charge >= 0.3 is 0 Å². The number of carbonyl (C=O) groups is 1. The van der Waals surface area contributed by atoms with E-state index in [1.54, 1.807) is 11.3 Å². The maximum Gasteiger partial charge on any atom is 0.261 e. The molecule has 1 aliphatic heterocycles. The molecule has 0 saturated carbocycles. The van der Waals surface area contributed by atoms with Gasteiger partial charge < -0.3 is 10.6 Å². The highest BCUT2D eigenvalue weighted by Crippen LogP contribution is 2.28. The lowest BCUT2D eigenvalue weighted by molar-refractivity contribution is 0.0935. The summed E-state index contributed by atoms with van der Waals surface area (Å²) in [4.78, 5) is 13.0. The van der Waals surface area contributed by atoms with E-state index in [1.807, 2.05) is 18.2 Å². The first-order valence-electron chi connectivity index (χ1n) is 6.43. The van der Waals surface area contributed by atoms with Gasteiger partial charge in [0, 0.05) is 21.8 Å². The molecule has 100 valence electrons. The van der Waals surface area contributed by atoms with Gasteiger partial charge in [0.2, 0.25) is 0 Å². The quantitative estimate of drug-likeness (QED) is 0.883. The summed E-state index contributed by atoms with van der Waals surface area (Å²) < 4.78 is 2.19. The number of amides is 1. The Kier molecular flexibility index (Phi) is 3.86. The third kappa shape index (κ3) is 2.99. The molecule has 0 bridgehead atoms. The molecule has 1 atom stereocenters. The Balaban J connectivity index is 1.77. The summed E-state index contributed by atoms with van der Waals surface area (Å²) in [6.07, 6.45) is 2.19. The standard InChI is InChI=1S/C14H15BrN2OS/c15-10-4-3-9-6-13(19-12(9)7-10)14(18)17-11-2-1-5-16-8-11/h3-4,6-7,11,16H,1-2,5,8H2,(H,17,18)/t11-/m1/s1. The molecule has 2 N–H and O–H groups in total. The van der Waals surface area contributed by atoms with Crippen molar-refractivity contribution in [1.29, 1.82) is 0 Å². The summed E-state index contributed by atoms with van der Waals surface area (Å²) in [5, 5.41) is 7.54. The summed E-state index contributed by atoms with van der Waals surface area (Å²) in [6.45, 7) is 1.94.